The van der Waals surface area contributed by atoms with Crippen molar-refractivity contribution < 1.29 is 0 Å². The first-order chi connectivity index (χ1) is 30.3. The SMILES string of the molecule is C(=Cc1ccc(N2c3cc(C=CC=C(c4ccccc4)c4ccccc4)cc(-c4cccc5ccccc45)c3C3CCCCC32)cc1)C=C(c1ccccc1)c1ccccc1. The Labute approximate surface area is 361 Å². The third-order valence-corrected chi connectivity index (χ3v) is 12.6. The zero-order chi connectivity index (χ0) is 40.8. The Bertz CT molecular complexity index is 2800. The molecule has 1 aliphatic carbocycles. The zero-order valence-corrected chi connectivity index (χ0v) is 34.4. The van der Waals surface area contributed by atoms with Crippen LogP contribution in [0.2, 0.25) is 0 Å². The molecule has 1 heterocycles. The zero-order valence-electron chi connectivity index (χ0n) is 34.4. The molecular formula is C60H49N. The highest BCUT2D eigenvalue weighted by Gasteiger charge is 2.42. The van der Waals surface area contributed by atoms with Gasteiger partial charge in [-0.3, -0.25) is 0 Å². The van der Waals surface area contributed by atoms with Crippen molar-refractivity contribution in [3.05, 3.63) is 263 Å². The standard InChI is InChI=1S/C60H49N/c1-5-22-46(23-6-1)52(47-24-7-2-8-25-47)34-17-20-44-38-40-51(41-39-44)61-58-37-16-15-33-56(58)60-57(55-36-19-31-50-30-13-14-32-54(50)55)42-45(43-59(60)61)21-18-35-53(48-26-9-3-10-27-48)49-28-11-4-12-29-49/h1-14,17-32,34-36,38-43,56,58H,15-16,33,37H2. The Morgan fingerprint density at radius 1 is 0.443 bits per heavy atom. The number of fused-ring (bicyclic) bond motifs is 4. The van der Waals surface area contributed by atoms with Crippen molar-refractivity contribution in [2.75, 3.05) is 4.90 Å². The summed E-state index contributed by atoms with van der Waals surface area (Å²) in [6.07, 6.45) is 18.4. The van der Waals surface area contributed by atoms with E-state index in [1.807, 2.05) is 0 Å². The Balaban J connectivity index is 1.06. The first kappa shape index (κ1) is 38.0. The lowest BCUT2D eigenvalue weighted by Gasteiger charge is -2.33. The topological polar surface area (TPSA) is 3.24 Å². The maximum absolute atomic E-state index is 2.69. The first-order valence-corrected chi connectivity index (χ1v) is 21.8. The molecule has 2 unspecified atom stereocenters. The van der Waals surface area contributed by atoms with E-state index in [2.05, 4.69) is 242 Å². The molecular weight excluding hydrogens is 735 g/mol. The fourth-order valence-electron chi connectivity index (χ4n) is 9.74. The largest absolute Gasteiger partial charge is 0.337 e. The predicted molar refractivity (Wildman–Crippen MR) is 261 cm³/mol. The van der Waals surface area contributed by atoms with Crippen LogP contribution < -0.4 is 4.90 Å². The molecule has 0 N–H and O–H groups in total. The van der Waals surface area contributed by atoms with Crippen LogP contribution in [0, 0.1) is 0 Å². The second-order valence-corrected chi connectivity index (χ2v) is 16.3. The van der Waals surface area contributed by atoms with Gasteiger partial charge in [0.25, 0.3) is 0 Å². The first-order valence-electron chi connectivity index (χ1n) is 21.8. The van der Waals surface area contributed by atoms with Gasteiger partial charge < -0.3 is 4.90 Å². The van der Waals surface area contributed by atoms with Crippen LogP contribution in [0.5, 0.6) is 0 Å². The third kappa shape index (κ3) is 7.96. The molecule has 0 saturated heterocycles. The normalized spacial score (nSPS) is 15.8. The van der Waals surface area contributed by atoms with E-state index in [9.17, 15) is 0 Å². The number of anilines is 2. The molecule has 1 saturated carbocycles. The Hall–Kier alpha value is -7.22. The van der Waals surface area contributed by atoms with Crippen LogP contribution in [0.3, 0.4) is 0 Å². The molecule has 8 aromatic rings. The average molecular weight is 784 g/mol. The van der Waals surface area contributed by atoms with E-state index in [1.54, 1.807) is 0 Å². The molecule has 8 aromatic carbocycles. The lowest BCUT2D eigenvalue weighted by Crippen LogP contribution is -2.32. The summed E-state index contributed by atoms with van der Waals surface area (Å²) in [6, 6.07) is 73.1. The summed E-state index contributed by atoms with van der Waals surface area (Å²) in [5, 5.41) is 2.59. The number of rotatable bonds is 10. The van der Waals surface area contributed by atoms with E-state index in [1.165, 1.54) is 109 Å². The summed E-state index contributed by atoms with van der Waals surface area (Å²) in [6.45, 7) is 0. The van der Waals surface area contributed by atoms with Gasteiger partial charge in [-0.1, -0.05) is 225 Å². The van der Waals surface area contributed by atoms with E-state index in [0.29, 0.717) is 12.0 Å². The number of hydrogen-bond acceptors (Lipinski definition) is 1. The van der Waals surface area contributed by atoms with Crippen molar-refractivity contribution in [2.24, 2.45) is 0 Å². The molecule has 2 atom stereocenters. The number of allylic oxidation sites excluding steroid dienone is 4. The van der Waals surface area contributed by atoms with Gasteiger partial charge in [-0.2, -0.15) is 0 Å². The number of nitrogens with zero attached hydrogens (tertiary/aromatic N) is 1. The molecule has 2 aliphatic rings. The number of benzene rings is 8. The van der Waals surface area contributed by atoms with Gasteiger partial charge in [0.1, 0.15) is 0 Å². The Morgan fingerprint density at radius 3 is 1.54 bits per heavy atom. The van der Waals surface area contributed by atoms with E-state index >= 15 is 0 Å². The van der Waals surface area contributed by atoms with Crippen LogP contribution in [0.15, 0.2) is 224 Å². The molecule has 0 bridgehead atoms. The minimum atomic E-state index is 0.419. The quantitative estimate of drug-likeness (QED) is 0.125. The Morgan fingerprint density at radius 2 is 0.951 bits per heavy atom. The highest BCUT2D eigenvalue weighted by Crippen LogP contribution is 2.55. The van der Waals surface area contributed by atoms with Gasteiger partial charge in [0.2, 0.25) is 0 Å². The fourth-order valence-corrected chi connectivity index (χ4v) is 9.74. The second kappa shape index (κ2) is 17.6. The van der Waals surface area contributed by atoms with Gasteiger partial charge in [0.05, 0.1) is 0 Å². The van der Waals surface area contributed by atoms with Crippen LogP contribution in [-0.4, -0.2) is 6.04 Å². The average Bonchev–Trinajstić information content (AvgIpc) is 3.67. The summed E-state index contributed by atoms with van der Waals surface area (Å²) in [4.78, 5) is 2.69. The van der Waals surface area contributed by atoms with Crippen molar-refractivity contribution in [3.63, 3.8) is 0 Å². The highest BCUT2D eigenvalue weighted by atomic mass is 15.2. The van der Waals surface area contributed by atoms with Crippen molar-refractivity contribution in [1.82, 2.24) is 0 Å². The number of hydrogen-bond donors (Lipinski definition) is 0. The molecule has 0 radical (unpaired) electrons. The summed E-state index contributed by atoms with van der Waals surface area (Å²) >= 11 is 0. The summed E-state index contributed by atoms with van der Waals surface area (Å²) in [5.41, 5.74) is 16.5. The van der Waals surface area contributed by atoms with Gasteiger partial charge in [0, 0.05) is 23.3 Å². The van der Waals surface area contributed by atoms with Crippen molar-refractivity contribution in [1.29, 1.82) is 0 Å². The molecule has 0 aromatic heterocycles. The molecule has 294 valence electrons. The second-order valence-electron chi connectivity index (χ2n) is 16.3. The molecule has 0 spiro atoms. The molecule has 10 rings (SSSR count). The third-order valence-electron chi connectivity index (χ3n) is 12.6. The lowest BCUT2D eigenvalue weighted by molar-refractivity contribution is 0.402. The predicted octanol–water partition coefficient (Wildman–Crippen LogP) is 16.0. The van der Waals surface area contributed by atoms with E-state index < -0.39 is 0 Å². The van der Waals surface area contributed by atoms with Gasteiger partial charge in [-0.05, 0) is 109 Å². The molecule has 61 heavy (non-hydrogen) atoms. The van der Waals surface area contributed by atoms with Gasteiger partial charge in [0.15, 0.2) is 0 Å². The fraction of sp³-hybridized carbons (Fsp3) is 0.100. The molecule has 0 amide bonds. The van der Waals surface area contributed by atoms with E-state index in [-0.39, 0.29) is 0 Å². The van der Waals surface area contributed by atoms with Crippen LogP contribution in [0.25, 0.3) is 45.2 Å². The van der Waals surface area contributed by atoms with Crippen LogP contribution in [0.4, 0.5) is 11.4 Å². The Kier molecular flexibility index (Phi) is 10.9. The molecule has 1 nitrogen and oxygen atoms in total. The smallest absolute Gasteiger partial charge is 0.0462 e. The molecule has 1 heteroatoms. The highest BCUT2D eigenvalue weighted by molar-refractivity contribution is 6.00. The van der Waals surface area contributed by atoms with E-state index in [4.69, 9.17) is 0 Å². The maximum atomic E-state index is 2.69. The minimum Gasteiger partial charge on any atom is -0.337 e. The maximum Gasteiger partial charge on any atom is 0.0462 e. The summed E-state index contributed by atoms with van der Waals surface area (Å²) in [5.74, 6) is 0.470. The molecule has 1 aliphatic heterocycles. The summed E-state index contributed by atoms with van der Waals surface area (Å²) in [7, 11) is 0. The monoisotopic (exact) mass is 783 g/mol. The lowest BCUT2D eigenvalue weighted by atomic mass is 9.79. The van der Waals surface area contributed by atoms with Gasteiger partial charge >= 0.3 is 0 Å². The van der Waals surface area contributed by atoms with Crippen molar-refractivity contribution in [3.8, 4) is 11.1 Å². The van der Waals surface area contributed by atoms with Gasteiger partial charge in [-0.15, -0.1) is 0 Å². The van der Waals surface area contributed by atoms with E-state index in [0.717, 1.165) is 0 Å². The van der Waals surface area contributed by atoms with Crippen LogP contribution in [-0.2, 0) is 0 Å². The minimum absolute atomic E-state index is 0.419. The van der Waals surface area contributed by atoms with Crippen molar-refractivity contribution in [2.45, 2.75) is 37.6 Å². The van der Waals surface area contributed by atoms with Crippen molar-refractivity contribution >= 4 is 45.4 Å². The summed E-state index contributed by atoms with van der Waals surface area (Å²) < 4.78 is 0. The van der Waals surface area contributed by atoms with Crippen LogP contribution >= 0.6 is 0 Å². The van der Waals surface area contributed by atoms with Crippen LogP contribution in [0.1, 0.15) is 70.5 Å². The van der Waals surface area contributed by atoms with Gasteiger partial charge in [-0.25, -0.2) is 0 Å². The molecule has 1 fully saturated rings.